The van der Waals surface area contributed by atoms with E-state index in [4.69, 9.17) is 20.3 Å². The Morgan fingerprint density at radius 2 is 2.08 bits per heavy atom. The van der Waals surface area contributed by atoms with E-state index in [0.717, 1.165) is 0 Å². The van der Waals surface area contributed by atoms with Crippen LogP contribution in [0.1, 0.15) is 12.6 Å². The molecular weight excluding hydrogens is 345 g/mol. The van der Waals surface area contributed by atoms with Crippen molar-refractivity contribution in [1.82, 2.24) is 19.5 Å². The molecule has 3 rings (SSSR count). The molecule has 1 aliphatic rings. The first-order valence-electron chi connectivity index (χ1n) is 6.86. The lowest BCUT2D eigenvalue weighted by atomic mass is 10.0. The van der Waals surface area contributed by atoms with Crippen LogP contribution in [0.25, 0.3) is 11.2 Å². The van der Waals surface area contributed by atoms with Crippen LogP contribution in [0.4, 0.5) is 5.82 Å². The number of aliphatic hydroxyl groups excluding tert-OH is 1. The predicted molar refractivity (Wildman–Crippen MR) is 78.1 cm³/mol. The molecule has 1 aliphatic heterocycles. The molecule has 12 nitrogen and oxygen atoms in total. The molecule has 3 atom stereocenters. The van der Waals surface area contributed by atoms with Crippen LogP contribution in [0.5, 0.6) is 0 Å². The fourth-order valence-corrected chi connectivity index (χ4v) is 3.48. The molecular formula is C11H16N5O7P. The van der Waals surface area contributed by atoms with Gasteiger partial charge in [-0.25, -0.2) is 15.0 Å². The summed E-state index contributed by atoms with van der Waals surface area (Å²) in [5.74, 6) is -1.29. The minimum atomic E-state index is -5.28. The summed E-state index contributed by atoms with van der Waals surface area (Å²) in [5.41, 5.74) is 2.96. The number of fused-ring (bicyclic) bond motifs is 1. The molecule has 2 aromatic rings. The highest BCUT2D eigenvalue weighted by atomic mass is 31.2. The van der Waals surface area contributed by atoms with E-state index in [-0.39, 0.29) is 12.2 Å². The maximum atomic E-state index is 11.4. The number of anilines is 1. The van der Waals surface area contributed by atoms with Gasteiger partial charge in [0.2, 0.25) is 0 Å². The van der Waals surface area contributed by atoms with Crippen molar-refractivity contribution >= 4 is 24.6 Å². The minimum absolute atomic E-state index is 0.140. The molecule has 0 aliphatic carbocycles. The zero-order valence-corrected chi connectivity index (χ0v) is 13.1. The lowest BCUT2D eigenvalue weighted by Crippen LogP contribution is -2.43. The Kier molecular flexibility index (Phi) is 4.08. The number of hydrogen-bond donors (Lipinski definition) is 6. The second kappa shape index (κ2) is 5.70. The van der Waals surface area contributed by atoms with Crippen LogP contribution < -0.4 is 5.73 Å². The number of nitrogens with two attached hydrogens (primary N) is 1. The molecule has 2 aromatic heterocycles. The minimum Gasteiger partial charge on any atom is -0.394 e. The Labute approximate surface area is 134 Å². The predicted octanol–water partition coefficient (Wildman–Crippen LogP) is -1.88. The topological polar surface area (TPSA) is 197 Å². The Morgan fingerprint density at radius 3 is 2.71 bits per heavy atom. The van der Waals surface area contributed by atoms with E-state index in [2.05, 4.69) is 15.0 Å². The van der Waals surface area contributed by atoms with Gasteiger partial charge in [-0.1, -0.05) is 0 Å². The first-order valence-corrected chi connectivity index (χ1v) is 8.47. The summed E-state index contributed by atoms with van der Waals surface area (Å²) in [6.07, 6.45) is 0.277. The third-order valence-electron chi connectivity index (χ3n) is 4.04. The van der Waals surface area contributed by atoms with Crippen LogP contribution in [-0.4, -0.2) is 62.9 Å². The highest BCUT2D eigenvalue weighted by Gasteiger charge is 2.57. The van der Waals surface area contributed by atoms with Gasteiger partial charge >= 0.3 is 7.60 Å². The van der Waals surface area contributed by atoms with Gasteiger partial charge in [-0.3, -0.25) is 9.13 Å². The van der Waals surface area contributed by atoms with Crippen LogP contribution in [-0.2, 0) is 9.30 Å². The Hall–Kier alpha value is -1.66. The van der Waals surface area contributed by atoms with E-state index in [1.165, 1.54) is 17.2 Å². The molecule has 0 spiro atoms. The Balaban J connectivity index is 1.97. The van der Waals surface area contributed by atoms with E-state index in [1.807, 2.05) is 0 Å². The van der Waals surface area contributed by atoms with E-state index in [0.29, 0.717) is 11.2 Å². The molecule has 1 saturated heterocycles. The van der Waals surface area contributed by atoms with Crippen LogP contribution in [0.3, 0.4) is 0 Å². The van der Waals surface area contributed by atoms with Gasteiger partial charge < -0.3 is 35.6 Å². The van der Waals surface area contributed by atoms with E-state index < -0.39 is 38.0 Å². The van der Waals surface area contributed by atoms with Gasteiger partial charge in [-0.05, 0) is 0 Å². The second-order valence-corrected chi connectivity index (χ2v) is 7.21. The highest BCUT2D eigenvalue weighted by molar-refractivity contribution is 7.53. The summed E-state index contributed by atoms with van der Waals surface area (Å²) in [6.45, 7) is -0.659. The zero-order chi connectivity index (χ0) is 17.7. The number of rotatable bonds is 4. The van der Waals surface area contributed by atoms with E-state index in [9.17, 15) is 19.9 Å². The summed E-state index contributed by atoms with van der Waals surface area (Å²) in [5, 5.41) is 29.1. The Morgan fingerprint density at radius 1 is 1.38 bits per heavy atom. The zero-order valence-electron chi connectivity index (χ0n) is 12.2. The molecule has 3 heterocycles. The summed E-state index contributed by atoms with van der Waals surface area (Å²) < 4.78 is 18.3. The number of aromatic nitrogens is 4. The van der Waals surface area contributed by atoms with Crippen molar-refractivity contribution in [2.24, 2.45) is 5.92 Å². The molecule has 0 unspecified atom stereocenters. The molecule has 0 saturated carbocycles. The molecule has 0 radical (unpaired) electrons. The Bertz CT molecular complexity index is 805. The number of aliphatic hydroxyl groups is 3. The van der Waals surface area contributed by atoms with Gasteiger partial charge in [0.25, 0.3) is 5.53 Å². The normalized spacial score (nSPS) is 25.5. The van der Waals surface area contributed by atoms with E-state index >= 15 is 0 Å². The summed E-state index contributed by atoms with van der Waals surface area (Å²) in [6, 6.07) is 0. The fourth-order valence-electron chi connectivity index (χ4n) is 2.77. The van der Waals surface area contributed by atoms with Crippen LogP contribution in [0.15, 0.2) is 12.7 Å². The average Bonchev–Trinajstić information content (AvgIpc) is 3.10. The lowest BCUT2D eigenvalue weighted by molar-refractivity contribution is -0.162. The van der Waals surface area contributed by atoms with Crippen LogP contribution in [0.2, 0.25) is 0 Å². The van der Waals surface area contributed by atoms with Gasteiger partial charge in [-0.2, -0.15) is 0 Å². The maximum absolute atomic E-state index is 11.4. The third kappa shape index (κ3) is 2.58. The SMILES string of the molecule is Nc1ncnc2c1ncn2[C@H]1C[C@H](C(O)(O)P(=O)(O)O)[C@@H](CO)O1. The van der Waals surface area contributed by atoms with Crippen molar-refractivity contribution in [2.45, 2.75) is 24.3 Å². The summed E-state index contributed by atoms with van der Waals surface area (Å²) in [7, 11) is -5.28. The molecule has 132 valence electrons. The van der Waals surface area contributed by atoms with Gasteiger partial charge in [-0.15, -0.1) is 0 Å². The molecule has 0 amide bonds. The summed E-state index contributed by atoms with van der Waals surface area (Å²) >= 11 is 0. The van der Waals surface area contributed by atoms with Crippen molar-refractivity contribution in [1.29, 1.82) is 0 Å². The van der Waals surface area contributed by atoms with Crippen molar-refractivity contribution in [3.8, 4) is 0 Å². The fraction of sp³-hybridized carbons (Fsp3) is 0.545. The highest BCUT2D eigenvalue weighted by Crippen LogP contribution is 2.56. The summed E-state index contributed by atoms with van der Waals surface area (Å²) in [4.78, 5) is 30.2. The van der Waals surface area contributed by atoms with Crippen LogP contribution >= 0.6 is 7.60 Å². The molecule has 24 heavy (non-hydrogen) atoms. The van der Waals surface area contributed by atoms with Crippen LogP contribution in [0, 0.1) is 5.92 Å². The molecule has 13 heteroatoms. The number of hydrogen-bond acceptors (Lipinski definition) is 9. The monoisotopic (exact) mass is 361 g/mol. The maximum Gasteiger partial charge on any atom is 0.384 e. The quantitative estimate of drug-likeness (QED) is 0.263. The number of ether oxygens (including phenoxy) is 1. The van der Waals surface area contributed by atoms with Gasteiger partial charge in [0.15, 0.2) is 11.5 Å². The second-order valence-electron chi connectivity index (χ2n) is 5.47. The molecule has 7 N–H and O–H groups in total. The number of nitrogens with zero attached hydrogens (tertiary/aromatic N) is 4. The number of imidazole rings is 1. The molecule has 0 bridgehead atoms. The standard InChI is InChI=1S/C11H16N5O7P/c12-9-8-10(14-3-13-9)16(4-15-8)7-1-5(6(2-17)23-7)11(18,19)24(20,21)22/h3-7,17-19H,1-2H2,(H2,12,13,14)(H2,20,21,22)/t5-,6+,7+/m0/s1. The molecule has 0 aromatic carbocycles. The van der Waals surface area contributed by atoms with Gasteiger partial charge in [0, 0.05) is 6.42 Å². The number of nitrogen functional groups attached to an aromatic ring is 1. The third-order valence-corrected chi connectivity index (χ3v) is 5.23. The van der Waals surface area contributed by atoms with Crippen molar-refractivity contribution in [3.63, 3.8) is 0 Å². The van der Waals surface area contributed by atoms with E-state index in [1.54, 1.807) is 0 Å². The smallest absolute Gasteiger partial charge is 0.384 e. The van der Waals surface area contributed by atoms with Gasteiger partial charge in [0.05, 0.1) is 25.0 Å². The van der Waals surface area contributed by atoms with Crippen molar-refractivity contribution in [2.75, 3.05) is 12.3 Å². The average molecular weight is 361 g/mol. The van der Waals surface area contributed by atoms with Gasteiger partial charge in [0.1, 0.15) is 18.1 Å². The first-order chi connectivity index (χ1) is 11.2. The first kappa shape index (κ1) is 17.2. The largest absolute Gasteiger partial charge is 0.394 e. The van der Waals surface area contributed by atoms with Crippen molar-refractivity contribution in [3.05, 3.63) is 12.7 Å². The molecule has 1 fully saturated rings. The van der Waals surface area contributed by atoms with Crippen molar-refractivity contribution < 1.29 is 34.4 Å². The lowest BCUT2D eigenvalue weighted by Gasteiger charge is -2.30.